The third kappa shape index (κ3) is 2.96. The van der Waals surface area contributed by atoms with E-state index in [1.54, 1.807) is 0 Å². The molecular weight excluding hydrogens is 390 g/mol. The Kier molecular flexibility index (Phi) is 4.39. The number of carbonyl (C=O) groups is 1. The largest absolute Gasteiger partial charge is 0.466 e. The second-order valence-corrected chi connectivity index (χ2v) is 10.6. The molecule has 0 spiro atoms. The van der Waals surface area contributed by atoms with Crippen LogP contribution >= 0.6 is 0 Å². The van der Waals surface area contributed by atoms with Gasteiger partial charge in [0.25, 0.3) is 0 Å². The highest BCUT2D eigenvalue weighted by molar-refractivity contribution is 7.88. The lowest BCUT2D eigenvalue weighted by molar-refractivity contribution is -0.205. The van der Waals surface area contributed by atoms with Crippen LogP contribution in [0.1, 0.15) is 49.7 Å². The predicted octanol–water partition coefficient (Wildman–Crippen LogP) is 3.70. The minimum atomic E-state index is -5.36. The van der Waals surface area contributed by atoms with Crippen LogP contribution in [0.5, 0.6) is 0 Å². The minimum Gasteiger partial charge on any atom is -0.454 e. The number of esters is 1. The lowest BCUT2D eigenvalue weighted by Gasteiger charge is -2.61. The molecule has 4 bridgehead atoms. The van der Waals surface area contributed by atoms with Gasteiger partial charge in [-0.15, -0.1) is 0 Å². The lowest BCUT2D eigenvalue weighted by Crippen LogP contribution is -2.60. The van der Waals surface area contributed by atoms with Gasteiger partial charge in [0.2, 0.25) is 0 Å². The van der Waals surface area contributed by atoms with Crippen LogP contribution in [0.3, 0.4) is 0 Å². The van der Waals surface area contributed by atoms with Gasteiger partial charge >= 0.3 is 21.3 Å². The zero-order valence-electron chi connectivity index (χ0n) is 15.9. The molecule has 5 nitrogen and oxygen atoms in total. The molecule has 0 saturated heterocycles. The molecule has 4 aliphatic rings. The summed E-state index contributed by atoms with van der Waals surface area (Å²) >= 11 is 0. The third-order valence-electron chi connectivity index (χ3n) is 6.75. The molecule has 0 heterocycles. The maximum absolute atomic E-state index is 14.2. The molecule has 4 saturated carbocycles. The van der Waals surface area contributed by atoms with Gasteiger partial charge in [0, 0.05) is 0 Å². The molecule has 2 unspecified atom stereocenters. The van der Waals surface area contributed by atoms with Crippen molar-refractivity contribution in [2.75, 3.05) is 7.11 Å². The average molecular weight is 414 g/mol. The van der Waals surface area contributed by atoms with E-state index in [9.17, 15) is 22.0 Å². The molecular formula is C20H24F2O5S. The van der Waals surface area contributed by atoms with E-state index in [0.717, 1.165) is 30.4 Å². The van der Waals surface area contributed by atoms with Crippen LogP contribution in [0, 0.1) is 18.8 Å². The Hall–Kier alpha value is -1.54. The fraction of sp³-hybridized carbons (Fsp3) is 0.650. The maximum Gasteiger partial charge on any atom is 0.466 e. The van der Waals surface area contributed by atoms with Crippen LogP contribution in [0.15, 0.2) is 24.3 Å². The highest BCUT2D eigenvalue weighted by Gasteiger charge is 2.63. The Morgan fingerprint density at radius 1 is 1.11 bits per heavy atom. The van der Waals surface area contributed by atoms with Gasteiger partial charge in [0.05, 0.1) is 7.11 Å². The first-order chi connectivity index (χ1) is 13.0. The molecule has 8 heteroatoms. The minimum absolute atomic E-state index is 0.215. The van der Waals surface area contributed by atoms with Crippen LogP contribution in [-0.2, 0) is 29.2 Å². The quantitative estimate of drug-likeness (QED) is 0.543. The number of alkyl halides is 2. The SMILES string of the molecule is COS(=O)(=O)C(F)(F)C(=O)OC12CC3CC(C1)CC(c1ccc(C)cc1)(C3)C2. The number of ether oxygens (including phenoxy) is 1. The summed E-state index contributed by atoms with van der Waals surface area (Å²) in [6, 6.07) is 8.21. The number of hydrogen-bond donors (Lipinski definition) is 0. The lowest BCUT2D eigenvalue weighted by atomic mass is 9.46. The maximum atomic E-state index is 14.2. The van der Waals surface area contributed by atoms with Gasteiger partial charge in [-0.25, -0.2) is 4.79 Å². The Morgan fingerprint density at radius 3 is 2.21 bits per heavy atom. The zero-order valence-corrected chi connectivity index (χ0v) is 16.7. The van der Waals surface area contributed by atoms with Crippen LogP contribution < -0.4 is 0 Å². The van der Waals surface area contributed by atoms with Crippen molar-refractivity contribution in [3.63, 3.8) is 0 Å². The van der Waals surface area contributed by atoms with Crippen molar-refractivity contribution in [2.45, 2.75) is 61.7 Å². The first-order valence-electron chi connectivity index (χ1n) is 9.49. The van der Waals surface area contributed by atoms with E-state index < -0.39 is 26.9 Å². The number of carbonyl (C=O) groups excluding carboxylic acids is 1. The standard InChI is InChI=1S/C20H24F2O5S/c1-13-3-5-16(6-4-13)18-8-14-7-15(9-18)11-19(10-14,12-18)27-17(23)20(21,22)28(24,25)26-2/h3-6,14-15H,7-12H2,1-2H3. The van der Waals surface area contributed by atoms with E-state index in [-0.39, 0.29) is 17.3 Å². The van der Waals surface area contributed by atoms with Crippen molar-refractivity contribution >= 4 is 16.1 Å². The molecule has 154 valence electrons. The second kappa shape index (κ2) is 6.23. The summed E-state index contributed by atoms with van der Waals surface area (Å²) in [6.07, 6.45) is 4.35. The highest BCUT2D eigenvalue weighted by atomic mass is 32.2. The molecule has 0 amide bonds. The number of hydrogen-bond acceptors (Lipinski definition) is 5. The summed E-state index contributed by atoms with van der Waals surface area (Å²) in [5.41, 5.74) is 1.02. The fourth-order valence-corrected chi connectivity index (χ4v) is 6.46. The molecule has 0 N–H and O–H groups in total. The van der Waals surface area contributed by atoms with Gasteiger partial charge < -0.3 is 4.74 Å². The fourth-order valence-electron chi connectivity index (χ4n) is 6.01. The monoisotopic (exact) mass is 414 g/mol. The van der Waals surface area contributed by atoms with Crippen molar-refractivity contribution < 1.29 is 30.9 Å². The van der Waals surface area contributed by atoms with E-state index in [4.69, 9.17) is 4.74 Å². The van der Waals surface area contributed by atoms with E-state index in [0.29, 0.717) is 26.4 Å². The molecule has 0 aliphatic heterocycles. The molecule has 1 aromatic carbocycles. The number of rotatable bonds is 5. The molecule has 2 atom stereocenters. The average Bonchev–Trinajstić information content (AvgIpc) is 2.60. The van der Waals surface area contributed by atoms with Crippen molar-refractivity contribution in [3.8, 4) is 0 Å². The Morgan fingerprint density at radius 2 is 1.68 bits per heavy atom. The van der Waals surface area contributed by atoms with Gasteiger partial charge in [0.1, 0.15) is 5.60 Å². The van der Waals surface area contributed by atoms with Crippen LogP contribution in [-0.4, -0.2) is 32.4 Å². The predicted molar refractivity (Wildman–Crippen MR) is 97.2 cm³/mol. The summed E-state index contributed by atoms with van der Waals surface area (Å²) in [5, 5.41) is -4.72. The summed E-state index contributed by atoms with van der Waals surface area (Å²) in [4.78, 5) is 12.2. The zero-order chi connectivity index (χ0) is 20.4. The molecule has 5 rings (SSSR count). The summed E-state index contributed by atoms with van der Waals surface area (Å²) in [5.74, 6) is -1.47. The Bertz CT molecular complexity index is 880. The molecule has 4 fully saturated rings. The molecule has 1 aromatic rings. The van der Waals surface area contributed by atoms with Crippen LogP contribution in [0.25, 0.3) is 0 Å². The number of aryl methyl sites for hydroxylation is 1. The van der Waals surface area contributed by atoms with Gasteiger partial charge in [0.15, 0.2) is 0 Å². The Balaban J connectivity index is 1.65. The van der Waals surface area contributed by atoms with E-state index in [1.165, 1.54) is 0 Å². The highest BCUT2D eigenvalue weighted by Crippen LogP contribution is 2.63. The molecule has 0 aromatic heterocycles. The summed E-state index contributed by atoms with van der Waals surface area (Å²) < 4.78 is 60.5. The summed E-state index contributed by atoms with van der Waals surface area (Å²) in [6.45, 7) is 2.01. The van der Waals surface area contributed by atoms with E-state index in [2.05, 4.69) is 16.3 Å². The number of benzene rings is 1. The van der Waals surface area contributed by atoms with Crippen molar-refractivity contribution in [1.29, 1.82) is 0 Å². The van der Waals surface area contributed by atoms with Gasteiger partial charge in [-0.1, -0.05) is 29.8 Å². The Labute approximate surface area is 163 Å². The molecule has 0 radical (unpaired) electrons. The van der Waals surface area contributed by atoms with Crippen molar-refractivity contribution in [2.24, 2.45) is 11.8 Å². The van der Waals surface area contributed by atoms with E-state index >= 15 is 0 Å². The molecule has 28 heavy (non-hydrogen) atoms. The van der Waals surface area contributed by atoms with Gasteiger partial charge in [-0.05, 0) is 68.3 Å². The topological polar surface area (TPSA) is 69.7 Å². The van der Waals surface area contributed by atoms with E-state index in [1.807, 2.05) is 19.1 Å². The van der Waals surface area contributed by atoms with Crippen molar-refractivity contribution in [1.82, 2.24) is 0 Å². The second-order valence-electron chi connectivity index (χ2n) is 8.82. The molecule has 4 aliphatic carbocycles. The van der Waals surface area contributed by atoms with Crippen molar-refractivity contribution in [3.05, 3.63) is 35.4 Å². The van der Waals surface area contributed by atoms with Gasteiger partial charge in [-0.2, -0.15) is 17.2 Å². The smallest absolute Gasteiger partial charge is 0.454 e. The first kappa shape index (κ1) is 19.8. The third-order valence-corrected chi connectivity index (χ3v) is 7.99. The number of halogens is 2. The van der Waals surface area contributed by atoms with Crippen LogP contribution in [0.4, 0.5) is 8.78 Å². The normalized spacial score (nSPS) is 34.4. The summed E-state index contributed by atoms with van der Waals surface area (Å²) in [7, 11) is -4.76. The van der Waals surface area contributed by atoms with Crippen LogP contribution in [0.2, 0.25) is 0 Å². The van der Waals surface area contributed by atoms with Gasteiger partial charge in [-0.3, -0.25) is 4.18 Å². The first-order valence-corrected chi connectivity index (χ1v) is 10.9.